The van der Waals surface area contributed by atoms with Crippen LogP contribution in [0.2, 0.25) is 5.02 Å². The predicted octanol–water partition coefficient (Wildman–Crippen LogP) is 4.62. The number of benzene rings is 1. The Morgan fingerprint density at radius 1 is 1.47 bits per heavy atom. The topological polar surface area (TPSA) is 42.0 Å². The molecule has 1 unspecified atom stereocenters. The number of carbonyl (C=O) groups is 1. The lowest BCUT2D eigenvalue weighted by molar-refractivity contribution is -0.116. The summed E-state index contributed by atoms with van der Waals surface area (Å²) >= 11 is 10.9. The molecule has 2 aromatic rings. The first kappa shape index (κ1) is 14.8. The standard InChI is InChI=1S/C13H14BrClN2OS/c1-6(2)11(14)12(18)17-13-16-9-5-8(15)7(3)4-10(9)19-13/h4-6,11H,1-3H3,(H,16,17,18). The fourth-order valence-electron chi connectivity index (χ4n) is 1.58. The van der Waals surface area contributed by atoms with Gasteiger partial charge < -0.3 is 5.32 Å². The fourth-order valence-corrected chi connectivity index (χ4v) is 2.80. The van der Waals surface area contributed by atoms with Crippen LogP contribution in [0.5, 0.6) is 0 Å². The molecule has 0 spiro atoms. The number of thiazole rings is 1. The van der Waals surface area contributed by atoms with E-state index in [0.29, 0.717) is 10.2 Å². The number of halogens is 2. The number of amides is 1. The summed E-state index contributed by atoms with van der Waals surface area (Å²) in [5.74, 6) is 0.156. The highest BCUT2D eigenvalue weighted by atomic mass is 79.9. The summed E-state index contributed by atoms with van der Waals surface area (Å²) in [6, 6.07) is 3.81. The number of hydrogen-bond acceptors (Lipinski definition) is 3. The number of rotatable bonds is 3. The summed E-state index contributed by atoms with van der Waals surface area (Å²) in [4.78, 5) is 16.1. The van der Waals surface area contributed by atoms with Crippen LogP contribution in [0.15, 0.2) is 12.1 Å². The van der Waals surface area contributed by atoms with Crippen molar-refractivity contribution < 1.29 is 4.79 Å². The number of hydrogen-bond donors (Lipinski definition) is 1. The van der Waals surface area contributed by atoms with Gasteiger partial charge in [-0.05, 0) is 30.5 Å². The van der Waals surface area contributed by atoms with Gasteiger partial charge in [-0.1, -0.05) is 52.7 Å². The maximum Gasteiger partial charge on any atom is 0.240 e. The lowest BCUT2D eigenvalue weighted by atomic mass is 10.1. The second-order valence-electron chi connectivity index (χ2n) is 4.72. The fraction of sp³-hybridized carbons (Fsp3) is 0.385. The third kappa shape index (κ3) is 3.27. The van der Waals surface area contributed by atoms with E-state index in [0.717, 1.165) is 15.8 Å². The van der Waals surface area contributed by atoms with Crippen LogP contribution in [0.25, 0.3) is 10.2 Å². The second-order valence-corrected chi connectivity index (χ2v) is 7.15. The number of anilines is 1. The van der Waals surface area contributed by atoms with E-state index < -0.39 is 0 Å². The van der Waals surface area contributed by atoms with Gasteiger partial charge in [0.1, 0.15) is 0 Å². The highest BCUT2D eigenvalue weighted by Crippen LogP contribution is 2.30. The van der Waals surface area contributed by atoms with E-state index in [1.807, 2.05) is 32.9 Å². The van der Waals surface area contributed by atoms with Crippen LogP contribution in [0.3, 0.4) is 0 Å². The highest BCUT2D eigenvalue weighted by molar-refractivity contribution is 9.10. The molecular weight excluding hydrogens is 348 g/mol. The molecule has 6 heteroatoms. The first-order valence-electron chi connectivity index (χ1n) is 5.90. The Hall–Kier alpha value is -0.650. The molecule has 0 aliphatic carbocycles. The Bertz CT molecular complexity index is 587. The van der Waals surface area contributed by atoms with Gasteiger partial charge in [0.15, 0.2) is 5.13 Å². The van der Waals surface area contributed by atoms with E-state index in [-0.39, 0.29) is 16.7 Å². The normalized spacial score (nSPS) is 12.9. The molecule has 0 saturated heterocycles. The minimum Gasteiger partial charge on any atom is -0.301 e. The van der Waals surface area contributed by atoms with Crippen molar-refractivity contribution in [2.24, 2.45) is 5.92 Å². The number of aromatic nitrogens is 1. The van der Waals surface area contributed by atoms with Crippen LogP contribution >= 0.6 is 38.9 Å². The van der Waals surface area contributed by atoms with Crippen molar-refractivity contribution in [3.05, 3.63) is 22.7 Å². The lowest BCUT2D eigenvalue weighted by Crippen LogP contribution is -2.26. The van der Waals surface area contributed by atoms with Crippen molar-refractivity contribution in [1.82, 2.24) is 4.98 Å². The molecule has 0 radical (unpaired) electrons. The first-order valence-corrected chi connectivity index (χ1v) is 8.01. The van der Waals surface area contributed by atoms with Crippen LogP contribution in [0, 0.1) is 12.8 Å². The molecule has 1 aromatic heterocycles. The van der Waals surface area contributed by atoms with Gasteiger partial charge in [-0.3, -0.25) is 4.79 Å². The lowest BCUT2D eigenvalue weighted by Gasteiger charge is -2.11. The molecule has 0 bridgehead atoms. The molecule has 1 N–H and O–H groups in total. The van der Waals surface area contributed by atoms with E-state index >= 15 is 0 Å². The van der Waals surface area contributed by atoms with Crippen LogP contribution < -0.4 is 5.32 Å². The number of nitrogens with zero attached hydrogens (tertiary/aromatic N) is 1. The van der Waals surface area contributed by atoms with Gasteiger partial charge in [-0.15, -0.1) is 0 Å². The largest absolute Gasteiger partial charge is 0.301 e. The van der Waals surface area contributed by atoms with Crippen molar-refractivity contribution in [2.75, 3.05) is 5.32 Å². The van der Waals surface area contributed by atoms with Crippen LogP contribution in [-0.4, -0.2) is 15.7 Å². The van der Waals surface area contributed by atoms with E-state index in [2.05, 4.69) is 26.2 Å². The predicted molar refractivity (Wildman–Crippen MR) is 85.5 cm³/mol. The summed E-state index contributed by atoms with van der Waals surface area (Å²) in [6.07, 6.45) is 0. The van der Waals surface area contributed by atoms with Gasteiger partial charge >= 0.3 is 0 Å². The smallest absolute Gasteiger partial charge is 0.240 e. The minimum atomic E-state index is -0.218. The summed E-state index contributed by atoms with van der Waals surface area (Å²) in [7, 11) is 0. The molecule has 0 saturated carbocycles. The molecule has 0 fully saturated rings. The number of fused-ring (bicyclic) bond motifs is 1. The summed E-state index contributed by atoms with van der Waals surface area (Å²) < 4.78 is 1.02. The Balaban J connectivity index is 2.25. The van der Waals surface area contributed by atoms with Crippen molar-refractivity contribution in [2.45, 2.75) is 25.6 Å². The van der Waals surface area contributed by atoms with E-state index in [9.17, 15) is 4.79 Å². The van der Waals surface area contributed by atoms with E-state index in [4.69, 9.17) is 11.6 Å². The van der Waals surface area contributed by atoms with Crippen LogP contribution in [-0.2, 0) is 4.79 Å². The van der Waals surface area contributed by atoms with Gasteiger partial charge in [-0.25, -0.2) is 4.98 Å². The van der Waals surface area contributed by atoms with Gasteiger partial charge in [-0.2, -0.15) is 0 Å². The van der Waals surface area contributed by atoms with E-state index in [1.54, 1.807) is 0 Å². The average Bonchev–Trinajstić information content (AvgIpc) is 2.69. The highest BCUT2D eigenvalue weighted by Gasteiger charge is 2.19. The van der Waals surface area contributed by atoms with Crippen molar-refractivity contribution in [3.63, 3.8) is 0 Å². The Kier molecular flexibility index (Phi) is 4.48. The number of nitrogens with one attached hydrogen (secondary N) is 1. The zero-order chi connectivity index (χ0) is 14.2. The maximum absolute atomic E-state index is 11.9. The molecule has 102 valence electrons. The molecule has 1 aromatic carbocycles. The Labute approximate surface area is 129 Å². The molecule has 3 nitrogen and oxygen atoms in total. The molecule has 0 aliphatic heterocycles. The van der Waals surface area contributed by atoms with Gasteiger partial charge in [0.25, 0.3) is 0 Å². The SMILES string of the molecule is Cc1cc2sc(NC(=O)C(Br)C(C)C)nc2cc1Cl. The van der Waals surface area contributed by atoms with Crippen molar-refractivity contribution in [1.29, 1.82) is 0 Å². The van der Waals surface area contributed by atoms with Gasteiger partial charge in [0.05, 0.1) is 15.0 Å². The molecule has 19 heavy (non-hydrogen) atoms. The summed E-state index contributed by atoms with van der Waals surface area (Å²) in [5.41, 5.74) is 1.82. The van der Waals surface area contributed by atoms with Gasteiger partial charge in [0, 0.05) is 5.02 Å². The first-order chi connectivity index (χ1) is 8.88. The third-order valence-corrected chi connectivity index (χ3v) is 5.55. The summed E-state index contributed by atoms with van der Waals surface area (Å²) in [5, 5.41) is 4.12. The number of alkyl halides is 1. The second kappa shape index (κ2) is 5.77. The van der Waals surface area contributed by atoms with Crippen LogP contribution in [0.4, 0.5) is 5.13 Å². The Morgan fingerprint density at radius 3 is 2.79 bits per heavy atom. The molecule has 0 aliphatic rings. The van der Waals surface area contributed by atoms with Crippen LogP contribution in [0.1, 0.15) is 19.4 Å². The number of carbonyl (C=O) groups excluding carboxylic acids is 1. The molecule has 1 amide bonds. The Morgan fingerprint density at radius 2 is 2.16 bits per heavy atom. The number of aryl methyl sites for hydroxylation is 1. The molecular formula is C13H14BrClN2OS. The summed E-state index contributed by atoms with van der Waals surface area (Å²) in [6.45, 7) is 5.92. The molecule has 2 rings (SSSR count). The zero-order valence-corrected chi connectivity index (χ0v) is 14.0. The molecule has 1 atom stereocenters. The monoisotopic (exact) mass is 360 g/mol. The maximum atomic E-state index is 11.9. The average molecular weight is 362 g/mol. The van der Waals surface area contributed by atoms with Gasteiger partial charge in [0.2, 0.25) is 5.91 Å². The molecule has 1 heterocycles. The quantitative estimate of drug-likeness (QED) is 0.811. The van der Waals surface area contributed by atoms with Crippen molar-refractivity contribution >= 4 is 60.1 Å². The minimum absolute atomic E-state index is 0.0723. The zero-order valence-electron chi connectivity index (χ0n) is 10.8. The van der Waals surface area contributed by atoms with Crippen molar-refractivity contribution in [3.8, 4) is 0 Å². The van der Waals surface area contributed by atoms with E-state index in [1.165, 1.54) is 11.3 Å². The third-order valence-electron chi connectivity index (χ3n) is 2.73.